The molecule has 0 aliphatic carbocycles. The molecule has 170 valence electrons. The number of nitrogens with zero attached hydrogens (tertiary/aromatic N) is 1. The highest BCUT2D eigenvalue weighted by atomic mass is 16.7. The topological polar surface area (TPSA) is 57.7 Å². The second-order valence-electron chi connectivity index (χ2n) is 8.01. The standard InChI is InChI=1S/C26H37NO4/c1-4-6-7-8-9-18-29-20-30-24-15-16-25(27-19-24)22-11-13-23(14-12-22)31-26(28)17-10-21(3)5-2/h11-16,19,21H,4-10,17-18,20H2,1-3H3. The van der Waals surface area contributed by atoms with E-state index in [9.17, 15) is 4.79 Å². The number of carbonyl (C=O) groups excluding carboxylic acids is 1. The quantitative estimate of drug-likeness (QED) is 0.135. The van der Waals surface area contributed by atoms with Gasteiger partial charge < -0.3 is 14.2 Å². The minimum Gasteiger partial charge on any atom is -0.466 e. The second kappa shape index (κ2) is 14.6. The molecule has 1 aromatic heterocycles. The van der Waals surface area contributed by atoms with Gasteiger partial charge in [-0.3, -0.25) is 9.78 Å². The molecular weight excluding hydrogens is 390 g/mol. The van der Waals surface area contributed by atoms with Crippen LogP contribution in [0.25, 0.3) is 11.3 Å². The van der Waals surface area contributed by atoms with Crippen LogP contribution in [-0.4, -0.2) is 24.4 Å². The molecule has 0 radical (unpaired) electrons. The number of hydrogen-bond acceptors (Lipinski definition) is 5. The van der Waals surface area contributed by atoms with E-state index < -0.39 is 0 Å². The van der Waals surface area contributed by atoms with Crippen LogP contribution in [0.4, 0.5) is 0 Å². The van der Waals surface area contributed by atoms with Crippen molar-refractivity contribution in [2.75, 3.05) is 13.4 Å². The fourth-order valence-electron chi connectivity index (χ4n) is 3.06. The highest BCUT2D eigenvalue weighted by molar-refractivity contribution is 5.72. The van der Waals surface area contributed by atoms with E-state index in [1.54, 1.807) is 18.3 Å². The van der Waals surface area contributed by atoms with Crippen LogP contribution in [0.15, 0.2) is 42.6 Å². The lowest BCUT2D eigenvalue weighted by Gasteiger charge is -2.09. The molecule has 0 aliphatic rings. The monoisotopic (exact) mass is 427 g/mol. The summed E-state index contributed by atoms with van der Waals surface area (Å²) in [5, 5.41) is 0. The minimum atomic E-state index is -0.184. The third-order valence-corrected chi connectivity index (χ3v) is 5.36. The zero-order valence-corrected chi connectivity index (χ0v) is 19.3. The van der Waals surface area contributed by atoms with E-state index in [-0.39, 0.29) is 12.8 Å². The predicted octanol–water partition coefficient (Wildman–Crippen LogP) is 6.80. The molecule has 0 fully saturated rings. The molecule has 0 saturated carbocycles. The Morgan fingerprint density at radius 1 is 0.968 bits per heavy atom. The Labute approximate surface area is 187 Å². The number of ether oxygens (including phenoxy) is 3. The number of rotatable bonds is 15. The molecular formula is C26H37NO4. The van der Waals surface area contributed by atoms with Gasteiger partial charge in [0.1, 0.15) is 11.5 Å². The van der Waals surface area contributed by atoms with Gasteiger partial charge in [0.15, 0.2) is 6.79 Å². The number of benzene rings is 1. The summed E-state index contributed by atoms with van der Waals surface area (Å²) >= 11 is 0. The maximum atomic E-state index is 12.0. The number of hydrogen-bond donors (Lipinski definition) is 0. The van der Waals surface area contributed by atoms with E-state index in [1.165, 1.54) is 25.7 Å². The van der Waals surface area contributed by atoms with E-state index in [1.807, 2.05) is 24.3 Å². The lowest BCUT2D eigenvalue weighted by Crippen LogP contribution is -2.09. The summed E-state index contributed by atoms with van der Waals surface area (Å²) in [4.78, 5) is 16.4. The molecule has 0 amide bonds. The Bertz CT molecular complexity index is 743. The third-order valence-electron chi connectivity index (χ3n) is 5.36. The van der Waals surface area contributed by atoms with Crippen LogP contribution in [0.3, 0.4) is 0 Å². The predicted molar refractivity (Wildman–Crippen MR) is 124 cm³/mol. The number of carbonyl (C=O) groups is 1. The first-order chi connectivity index (χ1) is 15.1. The number of aromatic nitrogens is 1. The van der Waals surface area contributed by atoms with Gasteiger partial charge in [0.2, 0.25) is 0 Å². The van der Waals surface area contributed by atoms with Gasteiger partial charge in [-0.05, 0) is 55.2 Å². The summed E-state index contributed by atoms with van der Waals surface area (Å²) in [5.74, 6) is 1.59. The van der Waals surface area contributed by atoms with E-state index in [0.717, 1.165) is 37.1 Å². The van der Waals surface area contributed by atoms with Gasteiger partial charge in [-0.1, -0.05) is 52.9 Å². The van der Waals surface area contributed by atoms with Crippen molar-refractivity contribution >= 4 is 5.97 Å². The maximum absolute atomic E-state index is 12.0. The van der Waals surface area contributed by atoms with E-state index >= 15 is 0 Å². The highest BCUT2D eigenvalue weighted by Gasteiger charge is 2.08. The van der Waals surface area contributed by atoms with Crippen molar-refractivity contribution in [2.24, 2.45) is 5.92 Å². The summed E-state index contributed by atoms with van der Waals surface area (Å²) in [7, 11) is 0. The van der Waals surface area contributed by atoms with Crippen LogP contribution in [0.2, 0.25) is 0 Å². The van der Waals surface area contributed by atoms with Crippen LogP contribution in [0.1, 0.15) is 72.1 Å². The zero-order chi connectivity index (χ0) is 22.3. The lowest BCUT2D eigenvalue weighted by atomic mass is 10.0. The molecule has 5 nitrogen and oxygen atoms in total. The fraction of sp³-hybridized carbons (Fsp3) is 0.538. The van der Waals surface area contributed by atoms with Crippen molar-refractivity contribution in [3.05, 3.63) is 42.6 Å². The Hall–Kier alpha value is -2.40. The van der Waals surface area contributed by atoms with Crippen LogP contribution in [-0.2, 0) is 9.53 Å². The first-order valence-corrected chi connectivity index (χ1v) is 11.6. The molecule has 1 heterocycles. The van der Waals surface area contributed by atoms with Crippen molar-refractivity contribution in [1.29, 1.82) is 0 Å². The largest absolute Gasteiger partial charge is 0.466 e. The highest BCUT2D eigenvalue weighted by Crippen LogP contribution is 2.23. The normalized spacial score (nSPS) is 11.8. The smallest absolute Gasteiger partial charge is 0.311 e. The molecule has 5 heteroatoms. The molecule has 0 aliphatic heterocycles. The summed E-state index contributed by atoms with van der Waals surface area (Å²) < 4.78 is 16.5. The second-order valence-corrected chi connectivity index (χ2v) is 8.01. The average Bonchev–Trinajstić information content (AvgIpc) is 2.80. The van der Waals surface area contributed by atoms with Crippen LogP contribution in [0, 0.1) is 5.92 Å². The number of esters is 1. The van der Waals surface area contributed by atoms with Gasteiger partial charge in [0, 0.05) is 12.0 Å². The summed E-state index contributed by atoms with van der Waals surface area (Å²) in [6.45, 7) is 7.46. The first-order valence-electron chi connectivity index (χ1n) is 11.6. The summed E-state index contributed by atoms with van der Waals surface area (Å²) in [6, 6.07) is 11.2. The first kappa shape index (κ1) is 24.9. The molecule has 1 atom stereocenters. The van der Waals surface area contributed by atoms with Crippen LogP contribution < -0.4 is 9.47 Å². The molecule has 31 heavy (non-hydrogen) atoms. The molecule has 1 unspecified atom stereocenters. The molecule has 0 saturated heterocycles. The van der Waals surface area contributed by atoms with Crippen LogP contribution in [0.5, 0.6) is 11.5 Å². The third kappa shape index (κ3) is 9.97. The minimum absolute atomic E-state index is 0.184. The molecule has 1 aromatic carbocycles. The molecule has 0 N–H and O–H groups in total. The van der Waals surface area contributed by atoms with Gasteiger partial charge in [0.25, 0.3) is 0 Å². The molecule has 2 rings (SSSR count). The van der Waals surface area contributed by atoms with E-state index in [0.29, 0.717) is 23.8 Å². The Morgan fingerprint density at radius 2 is 1.71 bits per heavy atom. The zero-order valence-electron chi connectivity index (χ0n) is 19.3. The fourth-order valence-corrected chi connectivity index (χ4v) is 3.06. The van der Waals surface area contributed by atoms with Gasteiger partial charge in [-0.25, -0.2) is 0 Å². The Balaban J connectivity index is 1.72. The molecule has 0 spiro atoms. The number of unbranched alkanes of at least 4 members (excludes halogenated alkanes) is 4. The van der Waals surface area contributed by atoms with Gasteiger partial charge in [-0.2, -0.15) is 0 Å². The van der Waals surface area contributed by atoms with Gasteiger partial charge in [-0.15, -0.1) is 0 Å². The van der Waals surface area contributed by atoms with Crippen molar-refractivity contribution in [1.82, 2.24) is 4.98 Å². The summed E-state index contributed by atoms with van der Waals surface area (Å²) in [6.07, 6.45) is 10.2. The lowest BCUT2D eigenvalue weighted by molar-refractivity contribution is -0.134. The van der Waals surface area contributed by atoms with Crippen molar-refractivity contribution in [2.45, 2.75) is 72.1 Å². The van der Waals surface area contributed by atoms with Gasteiger partial charge in [0.05, 0.1) is 18.5 Å². The Morgan fingerprint density at radius 3 is 2.39 bits per heavy atom. The molecule has 2 aromatic rings. The molecule has 0 bridgehead atoms. The Kier molecular flexibility index (Phi) is 11.7. The average molecular weight is 428 g/mol. The SMILES string of the molecule is CCCCCCCOCOc1ccc(-c2ccc(OC(=O)CCC(C)CC)cc2)nc1. The van der Waals surface area contributed by atoms with Crippen molar-refractivity contribution < 1.29 is 19.0 Å². The number of pyridine rings is 1. The summed E-state index contributed by atoms with van der Waals surface area (Å²) in [5.41, 5.74) is 1.79. The maximum Gasteiger partial charge on any atom is 0.311 e. The van der Waals surface area contributed by atoms with Crippen LogP contribution >= 0.6 is 0 Å². The van der Waals surface area contributed by atoms with E-state index in [4.69, 9.17) is 14.2 Å². The van der Waals surface area contributed by atoms with Gasteiger partial charge >= 0.3 is 5.97 Å². The van der Waals surface area contributed by atoms with E-state index in [2.05, 4.69) is 25.8 Å². The van der Waals surface area contributed by atoms with Crippen molar-refractivity contribution in [3.8, 4) is 22.8 Å². The van der Waals surface area contributed by atoms with Crippen molar-refractivity contribution in [3.63, 3.8) is 0 Å².